The Bertz CT molecular complexity index is 805. The van der Waals surface area contributed by atoms with Gasteiger partial charge in [-0.3, -0.25) is 0 Å². The van der Waals surface area contributed by atoms with E-state index in [2.05, 4.69) is 72.8 Å². The third-order valence-electron chi connectivity index (χ3n) is 4.13. The van der Waals surface area contributed by atoms with Gasteiger partial charge in [-0.2, -0.15) is 0 Å². The summed E-state index contributed by atoms with van der Waals surface area (Å²) in [4.78, 5) is 0. The standard InChI is InChI=1S/2C14H12.Mg.2H/c2*1-3-7-13(8-4-1)11-12-14-9-5-2-6-10-14;;;/h2*1-12H;;;. The monoisotopic (exact) mass is 386 g/mol. The molecule has 0 nitrogen and oxygen atoms in total. The zero-order valence-electron chi connectivity index (χ0n) is 15.9. The minimum absolute atomic E-state index is 0. The summed E-state index contributed by atoms with van der Waals surface area (Å²) in [5.74, 6) is 0. The van der Waals surface area contributed by atoms with Gasteiger partial charge in [0.2, 0.25) is 0 Å². The van der Waals surface area contributed by atoms with Gasteiger partial charge in [0.15, 0.2) is 0 Å². The van der Waals surface area contributed by atoms with E-state index < -0.39 is 0 Å². The molecule has 0 bridgehead atoms. The van der Waals surface area contributed by atoms with Gasteiger partial charge in [-0.1, -0.05) is 146 Å². The first-order chi connectivity index (χ1) is 13.9. The molecule has 0 radical (unpaired) electrons. The highest BCUT2D eigenvalue weighted by atomic mass is 24.3. The van der Waals surface area contributed by atoms with E-state index in [1.54, 1.807) is 0 Å². The molecule has 0 aliphatic rings. The third-order valence-corrected chi connectivity index (χ3v) is 4.13. The smallest absolute Gasteiger partial charge is 0.0622 e. The molecule has 0 fully saturated rings. The summed E-state index contributed by atoms with van der Waals surface area (Å²) in [5.41, 5.74) is 4.93. The van der Waals surface area contributed by atoms with Crippen LogP contribution in [0.15, 0.2) is 121 Å². The van der Waals surface area contributed by atoms with E-state index in [0.29, 0.717) is 0 Å². The molecule has 0 spiro atoms. The fourth-order valence-corrected chi connectivity index (χ4v) is 2.64. The molecule has 4 aromatic carbocycles. The number of hydrogen-bond donors (Lipinski definition) is 0. The highest BCUT2D eigenvalue weighted by molar-refractivity contribution is 5.75. The molecule has 0 saturated carbocycles. The van der Waals surface area contributed by atoms with Crippen molar-refractivity contribution in [3.8, 4) is 0 Å². The topological polar surface area (TPSA) is 0 Å². The van der Waals surface area contributed by atoms with Gasteiger partial charge >= 0.3 is 23.1 Å². The van der Waals surface area contributed by atoms with Crippen molar-refractivity contribution in [3.63, 3.8) is 0 Å². The minimum atomic E-state index is 0. The second kappa shape index (κ2) is 13.3. The highest BCUT2D eigenvalue weighted by Gasteiger charge is 1.85. The lowest BCUT2D eigenvalue weighted by molar-refractivity contribution is 1.65. The fourth-order valence-electron chi connectivity index (χ4n) is 2.64. The molecular weight excluding hydrogens is 361 g/mol. The highest BCUT2D eigenvalue weighted by Crippen LogP contribution is 2.08. The predicted molar refractivity (Wildman–Crippen MR) is 132 cm³/mol. The van der Waals surface area contributed by atoms with Crippen molar-refractivity contribution >= 4 is 47.4 Å². The van der Waals surface area contributed by atoms with Crippen molar-refractivity contribution in [2.75, 3.05) is 0 Å². The van der Waals surface area contributed by atoms with E-state index in [4.69, 9.17) is 0 Å². The van der Waals surface area contributed by atoms with Gasteiger partial charge < -0.3 is 0 Å². The van der Waals surface area contributed by atoms with E-state index in [0.717, 1.165) is 0 Å². The Morgan fingerprint density at radius 1 is 0.276 bits per heavy atom. The first-order valence-electron chi connectivity index (χ1n) is 9.46. The van der Waals surface area contributed by atoms with E-state index >= 15 is 0 Å². The van der Waals surface area contributed by atoms with Crippen LogP contribution < -0.4 is 0 Å². The Hall–Kier alpha value is -2.87. The van der Waals surface area contributed by atoms with Gasteiger partial charge in [-0.25, -0.2) is 0 Å². The van der Waals surface area contributed by atoms with Gasteiger partial charge in [0.1, 0.15) is 0 Å². The van der Waals surface area contributed by atoms with Crippen LogP contribution in [0.1, 0.15) is 22.3 Å². The molecule has 0 atom stereocenters. The van der Waals surface area contributed by atoms with E-state index in [1.165, 1.54) is 22.3 Å². The van der Waals surface area contributed by atoms with Crippen LogP contribution in [0.25, 0.3) is 24.3 Å². The maximum absolute atomic E-state index is 2.12. The SMILES string of the molecule is C(=Cc1ccccc1)c1ccccc1.C(=Cc1ccccc1)c1ccccc1.[MgH2]. The summed E-state index contributed by atoms with van der Waals surface area (Å²) < 4.78 is 0. The fraction of sp³-hybridized carbons (Fsp3) is 0. The average molecular weight is 387 g/mol. The lowest BCUT2D eigenvalue weighted by atomic mass is 10.1. The molecule has 0 N–H and O–H groups in total. The molecule has 0 saturated heterocycles. The van der Waals surface area contributed by atoms with Crippen LogP contribution >= 0.6 is 0 Å². The molecule has 1 heteroatoms. The van der Waals surface area contributed by atoms with Gasteiger partial charge in [0.05, 0.1) is 0 Å². The summed E-state index contributed by atoms with van der Waals surface area (Å²) in [6, 6.07) is 41.3. The number of hydrogen-bond acceptors (Lipinski definition) is 0. The van der Waals surface area contributed by atoms with Crippen LogP contribution in [-0.4, -0.2) is 23.1 Å². The molecule has 0 aromatic heterocycles. The summed E-state index contributed by atoms with van der Waals surface area (Å²) in [6.07, 6.45) is 8.48. The first-order valence-corrected chi connectivity index (χ1v) is 9.46. The van der Waals surface area contributed by atoms with E-state index in [1.807, 2.05) is 72.8 Å². The lowest BCUT2D eigenvalue weighted by Crippen LogP contribution is -1.70. The zero-order chi connectivity index (χ0) is 19.3. The molecule has 29 heavy (non-hydrogen) atoms. The van der Waals surface area contributed by atoms with Gasteiger partial charge in [0.25, 0.3) is 0 Å². The van der Waals surface area contributed by atoms with Crippen LogP contribution in [0, 0.1) is 0 Å². The Balaban J connectivity index is 0.000000200. The van der Waals surface area contributed by atoms with Crippen molar-refractivity contribution in [3.05, 3.63) is 144 Å². The molecule has 4 rings (SSSR count). The average Bonchev–Trinajstić information content (AvgIpc) is 2.80. The molecule has 0 amide bonds. The van der Waals surface area contributed by atoms with Crippen molar-refractivity contribution in [1.82, 2.24) is 0 Å². The van der Waals surface area contributed by atoms with Crippen LogP contribution in [0.4, 0.5) is 0 Å². The van der Waals surface area contributed by atoms with Crippen LogP contribution in [0.3, 0.4) is 0 Å². The quantitative estimate of drug-likeness (QED) is 0.267. The Labute approximate surface area is 190 Å². The molecule has 4 aromatic rings. The molecular formula is C28H26Mg. The van der Waals surface area contributed by atoms with Gasteiger partial charge in [-0.05, 0) is 22.3 Å². The largest absolute Gasteiger partial charge is 0.316 e. The Kier molecular flexibility index (Phi) is 10.3. The summed E-state index contributed by atoms with van der Waals surface area (Å²) in [6.45, 7) is 0. The number of rotatable bonds is 4. The summed E-state index contributed by atoms with van der Waals surface area (Å²) in [5, 5.41) is 0. The van der Waals surface area contributed by atoms with Crippen molar-refractivity contribution in [1.29, 1.82) is 0 Å². The second-order valence-electron chi connectivity index (χ2n) is 6.31. The third kappa shape index (κ3) is 8.78. The summed E-state index contributed by atoms with van der Waals surface area (Å²) in [7, 11) is 0. The normalized spacial score (nSPS) is 10.2. The molecule has 0 unspecified atom stereocenters. The second-order valence-corrected chi connectivity index (χ2v) is 6.31. The first kappa shape index (κ1) is 22.4. The Morgan fingerprint density at radius 3 is 0.621 bits per heavy atom. The van der Waals surface area contributed by atoms with Crippen molar-refractivity contribution in [2.45, 2.75) is 0 Å². The molecule has 0 aliphatic carbocycles. The van der Waals surface area contributed by atoms with Crippen LogP contribution in [-0.2, 0) is 0 Å². The zero-order valence-corrected chi connectivity index (χ0v) is 15.9. The summed E-state index contributed by atoms with van der Waals surface area (Å²) >= 11 is 0. The molecule has 0 aliphatic heterocycles. The van der Waals surface area contributed by atoms with Crippen molar-refractivity contribution < 1.29 is 0 Å². The minimum Gasteiger partial charge on any atom is -0.0622 e. The molecule has 140 valence electrons. The predicted octanol–water partition coefficient (Wildman–Crippen LogP) is 6.80. The maximum atomic E-state index is 2.12. The lowest BCUT2D eigenvalue weighted by Gasteiger charge is -1.92. The van der Waals surface area contributed by atoms with E-state index in [-0.39, 0.29) is 23.1 Å². The Morgan fingerprint density at radius 2 is 0.448 bits per heavy atom. The van der Waals surface area contributed by atoms with Crippen molar-refractivity contribution in [2.24, 2.45) is 0 Å². The van der Waals surface area contributed by atoms with E-state index in [9.17, 15) is 0 Å². The van der Waals surface area contributed by atoms with Crippen LogP contribution in [0.2, 0.25) is 0 Å². The number of benzene rings is 4. The molecule has 0 heterocycles. The van der Waals surface area contributed by atoms with Crippen LogP contribution in [0.5, 0.6) is 0 Å². The van der Waals surface area contributed by atoms with Gasteiger partial charge in [0, 0.05) is 0 Å². The van der Waals surface area contributed by atoms with Gasteiger partial charge in [-0.15, -0.1) is 0 Å². The maximum Gasteiger partial charge on any atom is 0.316 e.